The summed E-state index contributed by atoms with van der Waals surface area (Å²) in [6.07, 6.45) is -20.6. The molecule has 606 valence electrons. The quantitative estimate of drug-likeness (QED) is 0.0427. The van der Waals surface area contributed by atoms with E-state index in [1.54, 1.807) is 26.0 Å². The second-order valence-corrected chi connectivity index (χ2v) is 31.3. The summed E-state index contributed by atoms with van der Waals surface area (Å²) in [6.45, 7) is 5.38. The number of rotatable bonds is 17. The molecule has 4 unspecified atom stereocenters. The number of likely N-dealkylation sites (N-methyl/N-ethyl adjacent to an activating group) is 1. The van der Waals surface area contributed by atoms with E-state index in [-0.39, 0.29) is 85.8 Å². The van der Waals surface area contributed by atoms with Crippen LogP contribution in [0.5, 0.6) is 46.0 Å². The summed E-state index contributed by atoms with van der Waals surface area (Å²) >= 11 is 20.5. The molecule has 7 aromatic carbocycles. The van der Waals surface area contributed by atoms with Gasteiger partial charge in [-0.2, -0.15) is 0 Å². The average molecular weight is 1630 g/mol. The number of hydrogen-bond acceptors (Lipinski definition) is 25. The van der Waals surface area contributed by atoms with Gasteiger partial charge in [0.2, 0.25) is 35.7 Å². The van der Waals surface area contributed by atoms with Gasteiger partial charge in [-0.15, -0.1) is 0 Å². The molecule has 0 saturated carbocycles. The molecule has 7 aliphatic heterocycles. The molecule has 7 aromatic rings. The lowest BCUT2D eigenvalue weighted by Gasteiger charge is -2.48. The minimum Gasteiger partial charge on any atom is -0.508 e. The van der Waals surface area contributed by atoms with Crippen molar-refractivity contribution in [3.8, 4) is 68.2 Å². The van der Waals surface area contributed by atoms with Crippen molar-refractivity contribution in [3.63, 3.8) is 0 Å². The Bertz CT molecular complexity index is 4790. The maximum atomic E-state index is 16.4. The van der Waals surface area contributed by atoms with Gasteiger partial charge < -0.3 is 112 Å². The number of nitrogens with two attached hydrogens (primary N) is 1. The van der Waals surface area contributed by atoms with Crippen molar-refractivity contribution in [1.29, 1.82) is 0 Å². The number of Topliss-reactive ketones (excluding diaryl/α,β-unsaturated/α-hetero) is 3. The van der Waals surface area contributed by atoms with Gasteiger partial charge in [0.25, 0.3) is 0 Å². The van der Waals surface area contributed by atoms with Crippen LogP contribution in [0, 0.1) is 17.8 Å². The van der Waals surface area contributed by atoms with Gasteiger partial charge in [0.15, 0.2) is 35.5 Å². The molecule has 0 aliphatic carbocycles. The molecule has 7 aliphatic rings. The van der Waals surface area contributed by atoms with Gasteiger partial charge in [0.1, 0.15) is 71.0 Å². The third-order valence-corrected chi connectivity index (χ3v) is 22.3. The van der Waals surface area contributed by atoms with Gasteiger partial charge in [-0.05, 0) is 144 Å². The molecule has 2 fully saturated rings. The van der Waals surface area contributed by atoms with Gasteiger partial charge >= 0.3 is 0 Å². The van der Waals surface area contributed by atoms with Gasteiger partial charge in [0.05, 0.1) is 65.5 Å². The molecule has 0 radical (unpaired) electrons. The number of nitrogens with one attached hydrogen (secondary N) is 5. The van der Waals surface area contributed by atoms with Gasteiger partial charge in [-0.3, -0.25) is 33.6 Å². The number of phenolic OH excluding ortho intramolecular Hbond substituents is 3. The number of fused-ring (bicyclic) bond motifs is 15. The van der Waals surface area contributed by atoms with Crippen LogP contribution in [0.4, 0.5) is 0 Å². The van der Waals surface area contributed by atoms with Crippen molar-refractivity contribution < 1.29 is 113 Å². The van der Waals surface area contributed by atoms with Crippen LogP contribution in [-0.2, 0) is 54.3 Å². The number of carbonyl (C=O) groups is 7. The fourth-order valence-electron chi connectivity index (χ4n) is 15.2. The summed E-state index contributed by atoms with van der Waals surface area (Å²) < 4.78 is 39.7. The van der Waals surface area contributed by atoms with Crippen molar-refractivity contribution in [2.24, 2.45) is 23.5 Å². The van der Waals surface area contributed by atoms with E-state index in [0.717, 1.165) is 47.0 Å². The summed E-state index contributed by atoms with van der Waals surface area (Å²) in [5, 5.41) is 131. The normalized spacial score (nSPS) is 27.6. The highest BCUT2D eigenvalue weighted by atomic mass is 35.5. The zero-order valence-electron chi connectivity index (χ0n) is 62.4. The molecule has 29 nitrogen and oxygen atoms in total. The van der Waals surface area contributed by atoms with Crippen LogP contribution in [0.15, 0.2) is 127 Å². The Morgan fingerprint density at radius 3 is 1.91 bits per heavy atom. The maximum Gasteiger partial charge on any atom is 0.237 e. The van der Waals surface area contributed by atoms with E-state index < -0.39 is 223 Å². The van der Waals surface area contributed by atoms with Crippen molar-refractivity contribution in [1.82, 2.24) is 26.6 Å². The molecule has 0 aromatic heterocycles. The topological polar surface area (TPSA) is 463 Å². The first-order valence-corrected chi connectivity index (χ1v) is 38.2. The molecular weight excluding hydrogens is 1540 g/mol. The van der Waals surface area contributed by atoms with Gasteiger partial charge in [-0.1, -0.05) is 103 Å². The smallest absolute Gasteiger partial charge is 0.237 e. The predicted molar refractivity (Wildman–Crippen MR) is 412 cm³/mol. The second-order valence-electron chi connectivity index (χ2n) is 30.0. The minimum absolute atomic E-state index is 0.0712. The van der Waals surface area contributed by atoms with Crippen molar-refractivity contribution in [2.45, 2.75) is 170 Å². The molecule has 2 saturated heterocycles. The second kappa shape index (κ2) is 35.4. The number of benzene rings is 7. The average Bonchev–Trinajstić information content (AvgIpc) is 0.755. The van der Waals surface area contributed by atoms with Crippen LogP contribution in [-0.4, -0.2) is 179 Å². The summed E-state index contributed by atoms with van der Waals surface area (Å²) in [6, 6.07) is 23.9. The van der Waals surface area contributed by atoms with Crippen LogP contribution >= 0.6 is 34.8 Å². The molecule has 11 bridgehead atoms. The van der Waals surface area contributed by atoms with Crippen molar-refractivity contribution in [3.05, 3.63) is 176 Å². The SMILES string of the molecule is CN[C@H](CC(C)C)C(=O)N[C@H]1C(=O)C[C@@H](CC(N)=O)C(=O)N[C@H]2C(=O)C[C@@H]3C(=O)C[C@H](C(=O)N[C@H](CO)c4cc(O)cc(O)c4-c4cc3ccc4O)[C@H](O)c3ccc(c(Cl)c3)Oc3cc2cc(c3OC2OC(CO)C(O)[C@H](O)[C@H]2O[C@H]2CC(C)(NCc3ccc(-c4ccc(Cl)cc4)cc3)[C@H](O)[C@H](C)O2)Oc2ccc(cc2Cl)[C@H]1O. The number of amides is 4. The monoisotopic (exact) mass is 1630 g/mol. The Balaban J connectivity index is 1.04. The van der Waals surface area contributed by atoms with Crippen LogP contribution < -0.4 is 46.5 Å². The largest absolute Gasteiger partial charge is 0.508 e. The third kappa shape index (κ3) is 18.3. The number of aromatic hydroxyl groups is 3. The molecule has 114 heavy (non-hydrogen) atoms. The molecule has 17 N–H and O–H groups in total. The van der Waals surface area contributed by atoms with E-state index in [4.69, 9.17) is 69.0 Å². The lowest BCUT2D eigenvalue weighted by Crippen LogP contribution is -2.65. The zero-order chi connectivity index (χ0) is 82.0. The van der Waals surface area contributed by atoms with Crippen LogP contribution in [0.3, 0.4) is 0 Å². The van der Waals surface area contributed by atoms with E-state index in [9.17, 15) is 60.7 Å². The summed E-state index contributed by atoms with van der Waals surface area (Å²) in [5.41, 5.74) is 6.04. The minimum atomic E-state index is -2.14. The van der Waals surface area contributed by atoms with Gasteiger partial charge in [0, 0.05) is 72.3 Å². The van der Waals surface area contributed by atoms with E-state index in [2.05, 4.69) is 26.6 Å². The Hall–Kier alpha value is -9.38. The van der Waals surface area contributed by atoms with Crippen molar-refractivity contribution >= 4 is 75.8 Å². The Morgan fingerprint density at radius 2 is 1.31 bits per heavy atom. The molecule has 0 spiro atoms. The number of ether oxygens (including phenoxy) is 6. The fraction of sp³-hybridized carbons (Fsp3) is 0.402. The predicted octanol–water partition coefficient (Wildman–Crippen LogP) is 7.23. The van der Waals surface area contributed by atoms with E-state index in [0.29, 0.717) is 5.02 Å². The lowest BCUT2D eigenvalue weighted by atomic mass is 9.79. The first-order valence-electron chi connectivity index (χ1n) is 37.0. The van der Waals surface area contributed by atoms with Gasteiger partial charge in [-0.25, -0.2) is 0 Å². The maximum absolute atomic E-state index is 16.4. The molecule has 7 heterocycles. The third-order valence-electron chi connectivity index (χ3n) is 21.5. The number of phenols is 3. The van der Waals surface area contributed by atoms with Crippen LogP contribution in [0.2, 0.25) is 15.1 Å². The number of carbonyl (C=O) groups excluding carboxylic acids is 7. The van der Waals surface area contributed by atoms with Crippen LogP contribution in [0.1, 0.15) is 130 Å². The summed E-state index contributed by atoms with van der Waals surface area (Å²) in [7, 11) is 1.51. The van der Waals surface area contributed by atoms with Crippen LogP contribution in [0.25, 0.3) is 22.3 Å². The molecular formula is C82H89Cl3N6O23. The number of ketones is 3. The van der Waals surface area contributed by atoms with E-state index >= 15 is 24.0 Å². The first kappa shape index (κ1) is 84.0. The molecule has 32 heteroatoms. The Morgan fingerprint density at radius 1 is 0.675 bits per heavy atom. The lowest BCUT2D eigenvalue weighted by molar-refractivity contribution is -0.334. The van der Waals surface area contributed by atoms with Crippen molar-refractivity contribution in [2.75, 3.05) is 20.3 Å². The number of halogens is 3. The first-order chi connectivity index (χ1) is 54.2. The number of primary amides is 1. The van der Waals surface area contributed by atoms with E-state index in [1.165, 1.54) is 55.6 Å². The Labute approximate surface area is 669 Å². The number of aliphatic hydroxyl groups excluding tert-OH is 7. The summed E-state index contributed by atoms with van der Waals surface area (Å²) in [5.74, 6) is -16.8. The molecule has 18 atom stereocenters. The van der Waals surface area contributed by atoms with E-state index in [1.807, 2.05) is 50.2 Å². The Kier molecular flexibility index (Phi) is 26.1. The standard InChI is InChI=1S/C82H89Cl3N6O23/c1-36(2)20-54(87-5)80(108)91-70-59(98)24-45(27-66(86)100)78(106)90-69-44-25-63(110-61-18-13-42(22-52(61)84)71(101)51-31-57(96)48(30-60(69)99)41-12-17-56(95)50(21-41)68-49(28-47(94)29-58(68)97)55(34-92)89-79(51)107)75(64(26-44)111-62-19-14-43(72(70)102)23-53(62)85)114-81-76(74(104)73(103)65(35-93)112-81)113-67-32-82(4,77(105)37(3)109-67)88-33-38-6-8-39(9-7-38)40-10-15-46(83)16-11-40/h6-19,21-23,25-26,28-29,36-37,45,48,51,54-55,65,67,69-74,76-77,81,87-88,92-95,97,101-105H,20,24,27,30-35H2,1-5H3,(H2,86,100)(H,89,107)(H,90,106)(H,91,108)/t37-,45-,48-,51-,54+,55+,65?,67-,69+,70-,71+,72+,73?,74-,76+,77+,81?,82?/m0/s1. The number of hydrogen-bond donors (Lipinski definition) is 16. The zero-order valence-corrected chi connectivity index (χ0v) is 64.6. The highest BCUT2D eigenvalue weighted by Crippen LogP contribution is 2.51. The highest BCUT2D eigenvalue weighted by Gasteiger charge is 2.52. The highest BCUT2D eigenvalue weighted by molar-refractivity contribution is 6.32. The fourth-order valence-corrected chi connectivity index (χ4v) is 15.8. The molecule has 4 amide bonds. The number of aliphatic hydroxyl groups is 7. The summed E-state index contributed by atoms with van der Waals surface area (Å²) in [4.78, 5) is 105. The molecule has 14 rings (SSSR count).